The summed E-state index contributed by atoms with van der Waals surface area (Å²) < 4.78 is 56.4. The van der Waals surface area contributed by atoms with Crippen LogP contribution in [-0.4, -0.2) is 0 Å². The first kappa shape index (κ1) is 15.1. The Morgan fingerprint density at radius 1 is 0.909 bits per heavy atom. The molecule has 0 N–H and O–H groups in total. The van der Waals surface area contributed by atoms with Gasteiger partial charge in [-0.25, -0.2) is 17.6 Å². The van der Waals surface area contributed by atoms with Crippen molar-refractivity contribution in [3.63, 3.8) is 0 Å². The second-order valence-corrected chi connectivity index (χ2v) is 5.80. The fourth-order valence-electron chi connectivity index (χ4n) is 3.19. The highest BCUT2D eigenvalue weighted by molar-refractivity contribution is 5.67. The lowest BCUT2D eigenvalue weighted by atomic mass is 9.80. The van der Waals surface area contributed by atoms with Crippen molar-refractivity contribution in [1.82, 2.24) is 0 Å². The van der Waals surface area contributed by atoms with E-state index in [4.69, 9.17) is 0 Å². The highest BCUT2D eigenvalue weighted by Gasteiger charge is 2.29. The molecule has 0 spiro atoms. The molecule has 4 heteroatoms. The quantitative estimate of drug-likeness (QED) is 0.513. The predicted molar refractivity (Wildman–Crippen MR) is 77.5 cm³/mol. The molecular weight excluding hydrogens is 292 g/mol. The predicted octanol–water partition coefficient (Wildman–Crippen LogP) is 5.42. The zero-order valence-corrected chi connectivity index (χ0v) is 12.2. The van der Waals surface area contributed by atoms with E-state index in [-0.39, 0.29) is 22.6 Å². The van der Waals surface area contributed by atoms with Gasteiger partial charge in [0, 0.05) is 0 Å². The van der Waals surface area contributed by atoms with Gasteiger partial charge in [0.25, 0.3) is 0 Å². The van der Waals surface area contributed by atoms with Crippen molar-refractivity contribution in [2.75, 3.05) is 0 Å². The summed E-state index contributed by atoms with van der Waals surface area (Å²) in [6, 6.07) is 4.75. The van der Waals surface area contributed by atoms with Crippen LogP contribution in [0.25, 0.3) is 11.1 Å². The molecule has 0 nitrogen and oxygen atoms in total. The average Bonchev–Trinajstić information content (AvgIpc) is 2.54. The maximum absolute atomic E-state index is 14.7. The van der Waals surface area contributed by atoms with Gasteiger partial charge in [0.1, 0.15) is 11.6 Å². The first-order chi connectivity index (χ1) is 10.5. The highest BCUT2D eigenvalue weighted by atomic mass is 19.2. The second-order valence-electron chi connectivity index (χ2n) is 5.80. The molecule has 0 radical (unpaired) electrons. The van der Waals surface area contributed by atoms with E-state index < -0.39 is 28.8 Å². The van der Waals surface area contributed by atoms with Crippen molar-refractivity contribution >= 4 is 0 Å². The summed E-state index contributed by atoms with van der Waals surface area (Å²) in [5, 5.41) is 0. The molecule has 1 aliphatic rings. The molecule has 1 unspecified atom stereocenters. The van der Waals surface area contributed by atoms with Gasteiger partial charge in [-0.3, -0.25) is 0 Å². The molecule has 1 atom stereocenters. The maximum atomic E-state index is 14.7. The zero-order valence-electron chi connectivity index (χ0n) is 12.2. The Morgan fingerprint density at radius 2 is 1.59 bits per heavy atom. The van der Waals surface area contributed by atoms with Gasteiger partial charge >= 0.3 is 0 Å². The van der Waals surface area contributed by atoms with Gasteiger partial charge in [0.15, 0.2) is 11.6 Å². The van der Waals surface area contributed by atoms with Crippen LogP contribution in [-0.2, 0) is 12.8 Å². The van der Waals surface area contributed by atoms with Crippen LogP contribution in [0.15, 0.2) is 24.3 Å². The number of rotatable bonds is 2. The van der Waals surface area contributed by atoms with E-state index in [9.17, 15) is 17.6 Å². The molecule has 0 saturated heterocycles. The van der Waals surface area contributed by atoms with Gasteiger partial charge in [-0.05, 0) is 54.0 Å². The number of hydrogen-bond acceptors (Lipinski definition) is 0. The lowest BCUT2D eigenvalue weighted by Crippen LogP contribution is -2.18. The Labute approximate surface area is 126 Å². The Morgan fingerprint density at radius 3 is 2.23 bits per heavy atom. The molecule has 0 fully saturated rings. The van der Waals surface area contributed by atoms with Crippen LogP contribution in [0.1, 0.15) is 30.9 Å². The molecule has 22 heavy (non-hydrogen) atoms. The number of halogens is 4. The molecule has 0 heterocycles. The third-order valence-corrected chi connectivity index (χ3v) is 4.53. The molecule has 0 aromatic heterocycles. The highest BCUT2D eigenvalue weighted by Crippen LogP contribution is 2.38. The minimum Gasteiger partial charge on any atom is -0.207 e. The smallest absolute Gasteiger partial charge is 0.169 e. The molecular formula is C18H16F4. The Hall–Kier alpha value is -1.84. The minimum atomic E-state index is -1.18. The molecule has 2 aromatic carbocycles. The van der Waals surface area contributed by atoms with Crippen molar-refractivity contribution in [1.29, 1.82) is 0 Å². The third-order valence-electron chi connectivity index (χ3n) is 4.53. The monoisotopic (exact) mass is 308 g/mol. The van der Waals surface area contributed by atoms with Gasteiger partial charge in [-0.15, -0.1) is 0 Å². The Kier molecular flexibility index (Phi) is 3.94. The van der Waals surface area contributed by atoms with Crippen molar-refractivity contribution < 1.29 is 17.6 Å². The van der Waals surface area contributed by atoms with E-state index in [1.54, 1.807) is 0 Å². The first-order valence-electron chi connectivity index (χ1n) is 7.47. The first-order valence-corrected chi connectivity index (χ1v) is 7.47. The van der Waals surface area contributed by atoms with Crippen molar-refractivity contribution in [3.05, 3.63) is 58.7 Å². The standard InChI is InChI=1S/C18H16F4/c1-2-10-3-8-13-14(9-10)17(21)18(22)15(16(13)20)11-4-6-12(19)7-5-11/h4-7,10H,2-3,8-9H2,1H3. The van der Waals surface area contributed by atoms with Crippen LogP contribution >= 0.6 is 0 Å². The summed E-state index contributed by atoms with van der Waals surface area (Å²) in [5.74, 6) is -3.10. The second kappa shape index (κ2) is 5.75. The third kappa shape index (κ3) is 2.40. The molecule has 0 saturated carbocycles. The number of hydrogen-bond donors (Lipinski definition) is 0. The Balaban J connectivity index is 2.17. The largest absolute Gasteiger partial charge is 0.207 e. The van der Waals surface area contributed by atoms with E-state index in [0.717, 1.165) is 25.0 Å². The number of fused-ring (bicyclic) bond motifs is 1. The van der Waals surface area contributed by atoms with Crippen LogP contribution in [0.5, 0.6) is 0 Å². The van der Waals surface area contributed by atoms with Crippen molar-refractivity contribution in [2.45, 2.75) is 32.6 Å². The average molecular weight is 308 g/mol. The fourth-order valence-corrected chi connectivity index (χ4v) is 3.19. The summed E-state index contributed by atoms with van der Waals surface area (Å²) in [6.45, 7) is 1.99. The summed E-state index contributed by atoms with van der Waals surface area (Å²) in [7, 11) is 0. The van der Waals surface area contributed by atoms with Gasteiger partial charge < -0.3 is 0 Å². The van der Waals surface area contributed by atoms with Crippen molar-refractivity contribution in [2.24, 2.45) is 5.92 Å². The van der Waals surface area contributed by atoms with Crippen LogP contribution < -0.4 is 0 Å². The summed E-state index contributed by atoms with van der Waals surface area (Å²) in [4.78, 5) is 0. The molecule has 0 aliphatic heterocycles. The molecule has 2 aromatic rings. The molecule has 0 amide bonds. The van der Waals surface area contributed by atoms with Gasteiger partial charge in [0.2, 0.25) is 0 Å². The Bertz CT molecular complexity index is 704. The minimum absolute atomic E-state index is 0.149. The molecule has 0 bridgehead atoms. The molecule has 116 valence electrons. The number of benzene rings is 2. The van der Waals surface area contributed by atoms with E-state index in [0.29, 0.717) is 12.8 Å². The van der Waals surface area contributed by atoms with Gasteiger partial charge in [-0.2, -0.15) is 0 Å². The maximum Gasteiger partial charge on any atom is 0.169 e. The van der Waals surface area contributed by atoms with E-state index >= 15 is 0 Å². The molecule has 1 aliphatic carbocycles. The van der Waals surface area contributed by atoms with E-state index in [1.165, 1.54) is 12.1 Å². The topological polar surface area (TPSA) is 0 Å². The van der Waals surface area contributed by atoms with E-state index in [1.807, 2.05) is 6.92 Å². The van der Waals surface area contributed by atoms with Gasteiger partial charge in [0.05, 0.1) is 5.56 Å². The lowest BCUT2D eigenvalue weighted by Gasteiger charge is -2.26. The summed E-state index contributed by atoms with van der Waals surface area (Å²) in [6.07, 6.45) is 2.41. The van der Waals surface area contributed by atoms with Crippen molar-refractivity contribution in [3.8, 4) is 11.1 Å². The SMILES string of the molecule is CCC1CCc2c(F)c(-c3ccc(F)cc3)c(F)c(F)c2C1. The van der Waals surface area contributed by atoms with Gasteiger partial charge in [-0.1, -0.05) is 25.5 Å². The van der Waals surface area contributed by atoms with Crippen LogP contribution in [0, 0.1) is 29.2 Å². The van der Waals surface area contributed by atoms with E-state index in [2.05, 4.69) is 0 Å². The van der Waals surface area contributed by atoms with Crippen LogP contribution in [0.4, 0.5) is 17.6 Å². The lowest BCUT2D eigenvalue weighted by molar-refractivity contribution is 0.405. The van der Waals surface area contributed by atoms with Crippen LogP contribution in [0.2, 0.25) is 0 Å². The summed E-state index contributed by atoms with van der Waals surface area (Å²) in [5.41, 5.74) is 0.184. The molecule has 3 rings (SSSR count). The normalized spacial score (nSPS) is 17.4. The van der Waals surface area contributed by atoms with Crippen LogP contribution in [0.3, 0.4) is 0 Å². The summed E-state index contributed by atoms with van der Waals surface area (Å²) >= 11 is 0. The fraction of sp³-hybridized carbons (Fsp3) is 0.333. The zero-order chi connectivity index (χ0) is 15.9.